The number of ether oxygens (including phenoxy) is 1. The van der Waals surface area contributed by atoms with Gasteiger partial charge in [0.15, 0.2) is 0 Å². The van der Waals surface area contributed by atoms with Crippen LogP contribution in [0.4, 0.5) is 0 Å². The number of carbonyl (C=O) groups is 1. The number of nitrogens with two attached hydrogens (primary N) is 2. The van der Waals surface area contributed by atoms with Crippen LogP contribution in [-0.4, -0.2) is 50.1 Å². The van der Waals surface area contributed by atoms with Gasteiger partial charge in [-0.3, -0.25) is 4.79 Å². The Balaban J connectivity index is 0.00000190. The van der Waals surface area contributed by atoms with Crippen molar-refractivity contribution in [2.24, 2.45) is 11.8 Å². The van der Waals surface area contributed by atoms with Gasteiger partial charge in [-0.05, 0) is 41.9 Å². The van der Waals surface area contributed by atoms with Crippen LogP contribution in [0.25, 0.3) is 0 Å². The van der Waals surface area contributed by atoms with Gasteiger partial charge in [-0.2, -0.15) is 0 Å². The third-order valence-electron chi connectivity index (χ3n) is 9.41. The minimum atomic E-state index is -0.117. The van der Waals surface area contributed by atoms with E-state index in [-0.39, 0.29) is 36.1 Å². The normalized spacial score (nSPS) is 26.8. The Morgan fingerprint density at radius 1 is 1.05 bits per heavy atom. The van der Waals surface area contributed by atoms with Gasteiger partial charge >= 0.3 is 0 Å². The Labute approximate surface area is 234 Å². The molecule has 0 radical (unpaired) electrons. The maximum Gasteiger partial charge on any atom is 0.233 e. The fourth-order valence-electron chi connectivity index (χ4n) is 7.53. The number of hydrogen-bond acceptors (Lipinski definition) is 2. The minimum Gasteiger partial charge on any atom is -1.00 e. The van der Waals surface area contributed by atoms with Crippen molar-refractivity contribution in [3.63, 3.8) is 0 Å². The standard InChI is InChI=1S/C30H41N3O2.2ClH/c1-4-21(5-2)27-16-23(22-10-7-6-8-11-22)14-15-33(27)29(34)26-18-32-20-30(26)19-31-17-24-25(30)12-9-13-28(24)35-3;;/h6-13,21,23,26-27,31-32H,4-5,14-20H2,1-3H3;2*1H/t23-,26+,27+,30+;;/m1../s1. The SMILES string of the molecule is CCC(CC)[C@@H]1C[C@H](c2ccccc2)CCN1C(=O)[C@@H]1C[NH2+]C[C@]12C[NH2+]Cc1c(OC)cccc12.[Cl-].[Cl-]. The van der Waals surface area contributed by atoms with E-state index in [1.807, 2.05) is 0 Å². The number of nitrogens with zero attached hydrogens (tertiary/aromatic N) is 1. The molecule has 4 atom stereocenters. The van der Waals surface area contributed by atoms with Crippen LogP contribution >= 0.6 is 0 Å². The van der Waals surface area contributed by atoms with E-state index in [0.29, 0.717) is 23.8 Å². The predicted octanol–water partition coefficient (Wildman–Crippen LogP) is -3.58. The van der Waals surface area contributed by atoms with Crippen LogP contribution < -0.4 is 40.2 Å². The fourth-order valence-corrected chi connectivity index (χ4v) is 7.53. The molecule has 3 aliphatic heterocycles. The third-order valence-corrected chi connectivity index (χ3v) is 9.41. The maximum atomic E-state index is 14.5. The molecule has 2 saturated heterocycles. The van der Waals surface area contributed by atoms with E-state index in [1.165, 1.54) is 16.7 Å². The summed E-state index contributed by atoms with van der Waals surface area (Å²) in [5.41, 5.74) is 3.95. The molecule has 0 aromatic heterocycles. The number of quaternary nitrogens is 2. The highest BCUT2D eigenvalue weighted by molar-refractivity contribution is 5.82. The molecule has 3 heterocycles. The van der Waals surface area contributed by atoms with E-state index in [2.05, 4.69) is 77.9 Å². The Hall–Kier alpha value is -1.79. The van der Waals surface area contributed by atoms with Crippen LogP contribution in [0.3, 0.4) is 0 Å². The number of hydrogen-bond donors (Lipinski definition) is 2. The van der Waals surface area contributed by atoms with Gasteiger partial charge in [0.2, 0.25) is 5.91 Å². The van der Waals surface area contributed by atoms with Crippen molar-refractivity contribution in [3.8, 4) is 5.75 Å². The second-order valence-electron chi connectivity index (χ2n) is 10.9. The van der Waals surface area contributed by atoms with Crippen molar-refractivity contribution in [2.45, 2.75) is 63.5 Å². The van der Waals surface area contributed by atoms with Crippen molar-refractivity contribution < 1.29 is 45.0 Å². The zero-order chi connectivity index (χ0) is 24.4. The molecule has 5 rings (SSSR count). The summed E-state index contributed by atoms with van der Waals surface area (Å²) < 4.78 is 5.73. The van der Waals surface area contributed by atoms with Crippen molar-refractivity contribution in [1.29, 1.82) is 0 Å². The highest BCUT2D eigenvalue weighted by atomic mass is 35.5. The molecule has 4 N–H and O–H groups in total. The zero-order valence-electron chi connectivity index (χ0n) is 22.5. The van der Waals surface area contributed by atoms with Gasteiger partial charge in [0.25, 0.3) is 0 Å². The molecule has 37 heavy (non-hydrogen) atoms. The van der Waals surface area contributed by atoms with Crippen molar-refractivity contribution in [1.82, 2.24) is 4.90 Å². The van der Waals surface area contributed by atoms with Crippen molar-refractivity contribution >= 4 is 5.91 Å². The summed E-state index contributed by atoms with van der Waals surface area (Å²) in [6.45, 7) is 9.25. The summed E-state index contributed by atoms with van der Waals surface area (Å²) in [5.74, 6) is 2.48. The maximum absolute atomic E-state index is 14.5. The average molecular weight is 549 g/mol. The molecule has 2 aromatic rings. The second-order valence-corrected chi connectivity index (χ2v) is 10.9. The van der Waals surface area contributed by atoms with Crippen LogP contribution in [0.2, 0.25) is 0 Å². The summed E-state index contributed by atoms with van der Waals surface area (Å²) in [4.78, 5) is 16.8. The molecule has 0 saturated carbocycles. The highest BCUT2D eigenvalue weighted by Crippen LogP contribution is 2.42. The van der Waals surface area contributed by atoms with E-state index in [4.69, 9.17) is 4.74 Å². The number of benzene rings is 2. The first-order valence-electron chi connectivity index (χ1n) is 13.8. The fraction of sp³-hybridized carbons (Fsp3) is 0.567. The molecule has 7 heteroatoms. The summed E-state index contributed by atoms with van der Waals surface area (Å²) >= 11 is 0. The van der Waals surface area contributed by atoms with Crippen LogP contribution in [0.15, 0.2) is 48.5 Å². The van der Waals surface area contributed by atoms with E-state index < -0.39 is 0 Å². The molecule has 2 aromatic carbocycles. The van der Waals surface area contributed by atoms with Gasteiger partial charge in [-0.25, -0.2) is 0 Å². The highest BCUT2D eigenvalue weighted by Gasteiger charge is 2.57. The summed E-state index contributed by atoms with van der Waals surface area (Å²) in [6.07, 6.45) is 4.40. The number of carbonyl (C=O) groups excluding carboxylic acids is 1. The first kappa shape index (κ1) is 29.8. The monoisotopic (exact) mass is 547 g/mol. The molecule has 2 fully saturated rings. The molecular weight excluding hydrogens is 505 g/mol. The van der Waals surface area contributed by atoms with E-state index in [9.17, 15) is 4.79 Å². The van der Waals surface area contributed by atoms with Gasteiger partial charge in [-0.1, -0.05) is 69.2 Å². The Kier molecular flexibility index (Phi) is 10.3. The quantitative estimate of drug-likeness (QED) is 0.393. The first-order valence-corrected chi connectivity index (χ1v) is 13.8. The van der Waals surface area contributed by atoms with E-state index in [1.54, 1.807) is 7.11 Å². The lowest BCUT2D eigenvalue weighted by molar-refractivity contribution is -0.691. The lowest BCUT2D eigenvalue weighted by Gasteiger charge is -2.46. The number of halogens is 2. The Morgan fingerprint density at radius 2 is 1.78 bits per heavy atom. The number of amides is 1. The molecular formula is C30H43Cl2N3O2. The lowest BCUT2D eigenvalue weighted by atomic mass is 9.68. The smallest absolute Gasteiger partial charge is 0.233 e. The molecule has 0 bridgehead atoms. The van der Waals surface area contributed by atoms with E-state index >= 15 is 0 Å². The third kappa shape index (κ3) is 5.38. The first-order chi connectivity index (χ1) is 17.1. The van der Waals surface area contributed by atoms with Gasteiger partial charge in [0.05, 0.1) is 32.3 Å². The van der Waals surface area contributed by atoms with Crippen LogP contribution in [-0.2, 0) is 16.8 Å². The second kappa shape index (κ2) is 12.8. The Bertz CT molecular complexity index is 1030. The summed E-state index contributed by atoms with van der Waals surface area (Å²) in [5, 5.41) is 4.78. The number of piperidine rings is 1. The number of likely N-dealkylation sites (tertiary alicyclic amines) is 1. The molecule has 1 amide bonds. The topological polar surface area (TPSA) is 62.8 Å². The Morgan fingerprint density at radius 3 is 2.49 bits per heavy atom. The molecule has 0 aliphatic carbocycles. The largest absolute Gasteiger partial charge is 1.00 e. The van der Waals surface area contributed by atoms with Gasteiger partial charge in [0.1, 0.15) is 23.6 Å². The van der Waals surface area contributed by atoms with Crippen LogP contribution in [0.1, 0.15) is 62.1 Å². The molecule has 1 spiro atoms. The van der Waals surface area contributed by atoms with Crippen molar-refractivity contribution in [3.05, 3.63) is 65.2 Å². The van der Waals surface area contributed by atoms with Crippen molar-refractivity contribution in [2.75, 3.05) is 33.3 Å². The lowest BCUT2D eigenvalue weighted by Crippen LogP contribution is -3.00. The van der Waals surface area contributed by atoms with Crippen LogP contribution in [0.5, 0.6) is 5.75 Å². The zero-order valence-corrected chi connectivity index (χ0v) is 24.0. The number of fused-ring (bicyclic) bond motifs is 2. The number of methoxy groups -OCH3 is 1. The minimum absolute atomic E-state index is 0. The van der Waals surface area contributed by atoms with Gasteiger partial charge in [0, 0.05) is 12.6 Å². The molecule has 5 nitrogen and oxygen atoms in total. The summed E-state index contributed by atoms with van der Waals surface area (Å²) in [6, 6.07) is 17.7. The number of rotatable bonds is 6. The predicted molar refractivity (Wildman–Crippen MR) is 138 cm³/mol. The van der Waals surface area contributed by atoms with E-state index in [0.717, 1.165) is 64.2 Å². The molecule has 0 unspecified atom stereocenters. The average Bonchev–Trinajstić information content (AvgIpc) is 3.33. The molecule has 204 valence electrons. The summed E-state index contributed by atoms with van der Waals surface area (Å²) in [7, 11) is 1.76. The van der Waals surface area contributed by atoms with Gasteiger partial charge in [-0.15, -0.1) is 0 Å². The van der Waals surface area contributed by atoms with Gasteiger partial charge < -0.3 is 45.1 Å². The molecule has 3 aliphatic rings. The van der Waals surface area contributed by atoms with Crippen LogP contribution in [0, 0.1) is 11.8 Å².